The van der Waals surface area contributed by atoms with Crippen LogP contribution in [0.15, 0.2) is 0 Å². The number of thiol groups is 2. The van der Waals surface area contributed by atoms with E-state index in [1.54, 1.807) is 14.1 Å². The van der Waals surface area contributed by atoms with E-state index in [-0.39, 0.29) is 6.61 Å². The molecule has 0 aromatic heterocycles. The van der Waals surface area contributed by atoms with E-state index >= 15 is 0 Å². The Kier molecular flexibility index (Phi) is 8.22. The van der Waals surface area contributed by atoms with E-state index in [2.05, 4.69) is 25.3 Å². The molecule has 2 N–H and O–H groups in total. The number of nitrogens with zero attached hydrogens (tertiary/aromatic N) is 1. The molecule has 0 aliphatic heterocycles. The zero-order chi connectivity index (χ0) is 15.4. The average molecular weight is 353 g/mol. The van der Waals surface area contributed by atoms with Crippen molar-refractivity contribution in [2.75, 3.05) is 20.7 Å². The van der Waals surface area contributed by atoms with Gasteiger partial charge in [0, 0.05) is 0 Å². The minimum Gasteiger partial charge on any atom is -0.324 e. The molecule has 0 spiro atoms. The SMILES string of the molecule is CC(S)P(=O)(O)OCC(OP(=O)(O)C(C)S)N(C)C. The maximum absolute atomic E-state index is 11.7. The van der Waals surface area contributed by atoms with Gasteiger partial charge in [-0.15, -0.1) is 0 Å². The Morgan fingerprint density at radius 2 is 1.53 bits per heavy atom. The summed E-state index contributed by atoms with van der Waals surface area (Å²) in [4.78, 5) is 18.8. The third kappa shape index (κ3) is 6.98. The van der Waals surface area contributed by atoms with Crippen LogP contribution in [0.25, 0.3) is 0 Å². The van der Waals surface area contributed by atoms with Crippen molar-refractivity contribution in [2.24, 2.45) is 0 Å². The molecule has 0 aliphatic rings. The lowest BCUT2D eigenvalue weighted by atomic mass is 10.6. The van der Waals surface area contributed by atoms with E-state index in [9.17, 15) is 18.9 Å². The van der Waals surface area contributed by atoms with Crippen LogP contribution in [0.2, 0.25) is 0 Å². The number of rotatable bonds is 8. The maximum atomic E-state index is 11.7. The minimum absolute atomic E-state index is 0.337. The molecule has 5 unspecified atom stereocenters. The van der Waals surface area contributed by atoms with Crippen molar-refractivity contribution >= 4 is 40.4 Å². The summed E-state index contributed by atoms with van der Waals surface area (Å²) in [5.74, 6) is 0. The van der Waals surface area contributed by atoms with Gasteiger partial charge < -0.3 is 14.3 Å². The van der Waals surface area contributed by atoms with E-state index in [0.717, 1.165) is 0 Å². The molecule has 0 fully saturated rings. The Morgan fingerprint density at radius 3 is 1.84 bits per heavy atom. The molecule has 0 aromatic rings. The van der Waals surface area contributed by atoms with Gasteiger partial charge in [0.1, 0.15) is 16.2 Å². The summed E-state index contributed by atoms with van der Waals surface area (Å²) in [6.45, 7) is 2.50. The lowest BCUT2D eigenvalue weighted by molar-refractivity contribution is 0.0111. The molecule has 0 aromatic carbocycles. The highest BCUT2D eigenvalue weighted by atomic mass is 32.1. The third-order valence-electron chi connectivity index (χ3n) is 2.20. The van der Waals surface area contributed by atoms with Gasteiger partial charge in [-0.25, -0.2) is 0 Å². The molecule has 5 atom stereocenters. The topological polar surface area (TPSA) is 96.3 Å². The highest BCUT2D eigenvalue weighted by Crippen LogP contribution is 2.52. The van der Waals surface area contributed by atoms with Crippen LogP contribution in [0.1, 0.15) is 13.8 Å². The van der Waals surface area contributed by atoms with Crippen molar-refractivity contribution in [3.63, 3.8) is 0 Å². The molecule has 0 bridgehead atoms. The summed E-state index contributed by atoms with van der Waals surface area (Å²) >= 11 is 7.71. The van der Waals surface area contributed by atoms with Crippen LogP contribution < -0.4 is 0 Å². The van der Waals surface area contributed by atoms with Crippen LogP contribution in [0, 0.1) is 0 Å². The molecule has 116 valence electrons. The van der Waals surface area contributed by atoms with Gasteiger partial charge in [0.2, 0.25) is 0 Å². The molecule has 0 aliphatic carbocycles. The predicted octanol–water partition coefficient (Wildman–Crippen LogP) is 1.83. The van der Waals surface area contributed by atoms with Gasteiger partial charge in [0.15, 0.2) is 0 Å². The first-order valence-corrected chi connectivity index (χ1v) is 9.73. The molecule has 0 saturated carbocycles. The van der Waals surface area contributed by atoms with E-state index in [4.69, 9.17) is 9.05 Å². The highest BCUT2D eigenvalue weighted by Gasteiger charge is 2.33. The van der Waals surface area contributed by atoms with Gasteiger partial charge in [-0.05, 0) is 27.9 Å². The predicted molar refractivity (Wildman–Crippen MR) is 81.1 cm³/mol. The Balaban J connectivity index is 4.71. The summed E-state index contributed by atoms with van der Waals surface area (Å²) in [5.41, 5.74) is 0. The Labute approximate surface area is 124 Å². The Bertz CT molecular complexity index is 378. The second-order valence-electron chi connectivity index (χ2n) is 4.21. The molecule has 0 radical (unpaired) electrons. The zero-order valence-corrected chi connectivity index (χ0v) is 14.8. The smallest absolute Gasteiger partial charge is 0.324 e. The highest BCUT2D eigenvalue weighted by molar-refractivity contribution is 7.90. The van der Waals surface area contributed by atoms with Crippen LogP contribution in [0.4, 0.5) is 0 Å². The van der Waals surface area contributed by atoms with Crippen LogP contribution in [-0.4, -0.2) is 51.6 Å². The average Bonchev–Trinajstić information content (AvgIpc) is 2.23. The van der Waals surface area contributed by atoms with Gasteiger partial charge in [-0.3, -0.25) is 18.6 Å². The lowest BCUT2D eigenvalue weighted by Gasteiger charge is -2.28. The summed E-state index contributed by atoms with van der Waals surface area (Å²) in [7, 11) is -4.63. The number of hydrogen-bond donors (Lipinski definition) is 4. The monoisotopic (exact) mass is 353 g/mol. The lowest BCUT2D eigenvalue weighted by Crippen LogP contribution is -2.34. The van der Waals surface area contributed by atoms with Crippen LogP contribution in [0.3, 0.4) is 0 Å². The molecule has 7 nitrogen and oxygen atoms in total. The van der Waals surface area contributed by atoms with Gasteiger partial charge in [0.05, 0.1) is 6.61 Å². The molecular weight excluding hydrogens is 332 g/mol. The van der Waals surface area contributed by atoms with Crippen LogP contribution >= 0.6 is 40.4 Å². The second kappa shape index (κ2) is 7.82. The van der Waals surface area contributed by atoms with Gasteiger partial charge in [-0.2, -0.15) is 25.3 Å². The maximum Gasteiger partial charge on any atom is 0.342 e. The molecular formula is C8H21NO6P2S2. The van der Waals surface area contributed by atoms with Crippen molar-refractivity contribution in [3.8, 4) is 0 Å². The zero-order valence-electron chi connectivity index (χ0n) is 11.2. The molecule has 0 amide bonds. The molecule has 11 heteroatoms. The molecule has 0 rings (SSSR count). The van der Waals surface area contributed by atoms with Crippen molar-refractivity contribution in [1.29, 1.82) is 0 Å². The van der Waals surface area contributed by atoms with Gasteiger partial charge >= 0.3 is 15.2 Å². The van der Waals surface area contributed by atoms with Crippen molar-refractivity contribution in [1.82, 2.24) is 4.90 Å². The summed E-state index contributed by atoms with van der Waals surface area (Å²) in [6, 6.07) is 0. The minimum atomic E-state index is -3.93. The summed E-state index contributed by atoms with van der Waals surface area (Å²) < 4.78 is 33.2. The first kappa shape index (κ1) is 20.0. The Hall–Kier alpha value is 0.960. The fraction of sp³-hybridized carbons (Fsp3) is 1.00. The van der Waals surface area contributed by atoms with Crippen LogP contribution in [-0.2, 0) is 18.2 Å². The number of likely N-dealkylation sites (N-methyl/N-ethyl adjacent to an activating group) is 1. The van der Waals surface area contributed by atoms with Crippen LogP contribution in [0.5, 0.6) is 0 Å². The fourth-order valence-electron chi connectivity index (χ4n) is 0.815. The van der Waals surface area contributed by atoms with Crippen molar-refractivity contribution in [2.45, 2.75) is 30.1 Å². The second-order valence-corrected chi connectivity index (χ2v) is 10.9. The van der Waals surface area contributed by atoms with E-state index in [0.29, 0.717) is 0 Å². The van der Waals surface area contributed by atoms with E-state index in [1.807, 2.05) is 0 Å². The van der Waals surface area contributed by atoms with Gasteiger partial charge in [0.25, 0.3) is 0 Å². The standard InChI is InChI=1S/C8H21NO6P2S2/c1-6(18)16(10,11)14-5-8(9(3)4)15-17(12,13)7(2)19/h6-8,18-19H,5H2,1-4H3,(H,10,11)(H,12,13). The first-order chi connectivity index (χ1) is 8.40. The molecule has 19 heavy (non-hydrogen) atoms. The quantitative estimate of drug-likeness (QED) is 0.300. The molecule has 0 saturated heterocycles. The largest absolute Gasteiger partial charge is 0.342 e. The van der Waals surface area contributed by atoms with E-state index < -0.39 is 31.4 Å². The third-order valence-corrected chi connectivity index (χ3v) is 6.90. The normalized spacial score (nSPS) is 23.4. The van der Waals surface area contributed by atoms with E-state index in [1.165, 1.54) is 18.7 Å². The molecule has 0 heterocycles. The summed E-state index contributed by atoms with van der Waals surface area (Å²) in [5, 5.41) is 0. The summed E-state index contributed by atoms with van der Waals surface area (Å²) in [6.07, 6.45) is -0.946. The number of hydrogen-bond acceptors (Lipinski definition) is 7. The Morgan fingerprint density at radius 1 is 1.11 bits per heavy atom. The van der Waals surface area contributed by atoms with Gasteiger partial charge in [-0.1, -0.05) is 0 Å². The van der Waals surface area contributed by atoms with Crippen molar-refractivity contribution < 1.29 is 28.0 Å². The fourth-order valence-corrected chi connectivity index (χ4v) is 2.51. The van der Waals surface area contributed by atoms with Crippen molar-refractivity contribution in [3.05, 3.63) is 0 Å². The first-order valence-electron chi connectivity index (χ1n) is 5.40.